The van der Waals surface area contributed by atoms with Crippen molar-refractivity contribution in [3.63, 3.8) is 0 Å². The Kier molecular flexibility index (Phi) is 4.67. The number of halogens is 1. The van der Waals surface area contributed by atoms with E-state index < -0.39 is 0 Å². The van der Waals surface area contributed by atoms with Crippen molar-refractivity contribution in [1.82, 2.24) is 0 Å². The van der Waals surface area contributed by atoms with Gasteiger partial charge in [0.05, 0.1) is 0 Å². The highest BCUT2D eigenvalue weighted by atomic mass is 79.9. The summed E-state index contributed by atoms with van der Waals surface area (Å²) in [6.45, 7) is 5.60. The van der Waals surface area contributed by atoms with E-state index in [2.05, 4.69) is 22.5 Å². The lowest BCUT2D eigenvalue weighted by atomic mass is 10.3. The van der Waals surface area contributed by atoms with Crippen LogP contribution in [0, 0.1) is 0 Å². The average molecular weight is 173 g/mol. The minimum atomic E-state index is 1.17. The Balaban J connectivity index is 3.74. The number of hydrogen-bond acceptors (Lipinski definition) is 0. The summed E-state index contributed by atoms with van der Waals surface area (Å²) in [5, 5.41) is 0. The highest BCUT2D eigenvalue weighted by Crippen LogP contribution is 1.93. The minimum Gasteiger partial charge on any atom is -0.0988 e. The second-order valence-electron chi connectivity index (χ2n) is 1.43. The first-order chi connectivity index (χ1) is 3.81. The van der Waals surface area contributed by atoms with Gasteiger partial charge in [-0.25, -0.2) is 0 Å². The van der Waals surface area contributed by atoms with Crippen LogP contribution in [0.25, 0.3) is 0 Å². The first kappa shape index (κ1) is 7.70. The van der Waals surface area contributed by atoms with Gasteiger partial charge in [0, 0.05) is 0 Å². The molecule has 0 saturated heterocycles. The second-order valence-corrected chi connectivity index (χ2v) is 1.96. The van der Waals surface area contributed by atoms with E-state index in [1.807, 2.05) is 25.2 Å². The Labute approximate surface area is 58.7 Å². The van der Waals surface area contributed by atoms with Crippen LogP contribution < -0.4 is 0 Å². The molecule has 8 heavy (non-hydrogen) atoms. The van der Waals surface area contributed by atoms with Gasteiger partial charge in [0.15, 0.2) is 0 Å². The second kappa shape index (κ2) is 4.85. The molecule has 0 saturated carbocycles. The van der Waals surface area contributed by atoms with E-state index in [4.69, 9.17) is 0 Å². The van der Waals surface area contributed by atoms with E-state index in [1.54, 1.807) is 4.99 Å². The Hall–Kier alpha value is -0.300. The molecule has 0 rings (SSSR count). The summed E-state index contributed by atoms with van der Waals surface area (Å²) in [6.07, 6.45) is 5.70. The fraction of sp³-hybridized carbons (Fsp3) is 0.143. The molecule has 0 heterocycles. The van der Waals surface area contributed by atoms with Crippen LogP contribution in [0.4, 0.5) is 0 Å². The van der Waals surface area contributed by atoms with Crippen molar-refractivity contribution < 1.29 is 0 Å². The van der Waals surface area contributed by atoms with Gasteiger partial charge in [0.1, 0.15) is 0 Å². The molecule has 0 unspecified atom stereocenters. The Morgan fingerprint density at radius 3 is 2.62 bits per heavy atom. The van der Waals surface area contributed by atoms with Gasteiger partial charge in [0.2, 0.25) is 0 Å². The molecule has 0 spiro atoms. The third-order valence-electron chi connectivity index (χ3n) is 0.754. The first-order valence-electron chi connectivity index (χ1n) is 2.37. The van der Waals surface area contributed by atoms with Crippen molar-refractivity contribution in [1.29, 1.82) is 0 Å². The van der Waals surface area contributed by atoms with Gasteiger partial charge in [-0.2, -0.15) is 0 Å². The van der Waals surface area contributed by atoms with Crippen LogP contribution in [0.15, 0.2) is 35.4 Å². The molecule has 0 radical (unpaired) electrons. The van der Waals surface area contributed by atoms with E-state index in [0.29, 0.717) is 0 Å². The Morgan fingerprint density at radius 1 is 1.62 bits per heavy atom. The van der Waals surface area contributed by atoms with Crippen LogP contribution in [0.5, 0.6) is 0 Å². The van der Waals surface area contributed by atoms with Crippen molar-refractivity contribution in [3.05, 3.63) is 35.4 Å². The van der Waals surface area contributed by atoms with Gasteiger partial charge < -0.3 is 0 Å². The van der Waals surface area contributed by atoms with Crippen molar-refractivity contribution in [2.24, 2.45) is 0 Å². The molecule has 0 fully saturated rings. The number of rotatable bonds is 2. The van der Waals surface area contributed by atoms with E-state index in [9.17, 15) is 0 Å². The van der Waals surface area contributed by atoms with E-state index in [-0.39, 0.29) is 0 Å². The first-order valence-corrected chi connectivity index (χ1v) is 3.29. The largest absolute Gasteiger partial charge is 0.0988 e. The van der Waals surface area contributed by atoms with Gasteiger partial charge in [-0.15, -0.1) is 0 Å². The van der Waals surface area contributed by atoms with E-state index >= 15 is 0 Å². The fourth-order valence-corrected chi connectivity index (χ4v) is 0.409. The minimum absolute atomic E-state index is 1.17. The maximum absolute atomic E-state index is 3.60. The predicted octanol–water partition coefficient (Wildman–Crippen LogP) is 3.03. The highest BCUT2D eigenvalue weighted by Gasteiger charge is 1.70. The van der Waals surface area contributed by atoms with Gasteiger partial charge in [-0.05, 0) is 11.9 Å². The quantitative estimate of drug-likeness (QED) is 0.563. The van der Waals surface area contributed by atoms with Crippen molar-refractivity contribution in [2.75, 3.05) is 0 Å². The molecule has 1 heteroatoms. The average Bonchev–Trinajstić information content (AvgIpc) is 1.83. The Bertz CT molecular complexity index is 120. The normalized spacial score (nSPS) is 12.5. The summed E-state index contributed by atoms with van der Waals surface area (Å²) in [5.74, 6) is 0. The molecule has 44 valence electrons. The molecule has 0 amide bonds. The molecule has 0 atom stereocenters. The van der Waals surface area contributed by atoms with Gasteiger partial charge in [0.25, 0.3) is 0 Å². The lowest BCUT2D eigenvalue weighted by Crippen LogP contribution is -1.59. The van der Waals surface area contributed by atoms with Crippen LogP contribution >= 0.6 is 15.9 Å². The van der Waals surface area contributed by atoms with Crippen LogP contribution in [0.2, 0.25) is 0 Å². The highest BCUT2D eigenvalue weighted by molar-refractivity contribution is 9.11. The topological polar surface area (TPSA) is 0 Å². The molecule has 0 aliphatic rings. The third kappa shape index (κ3) is 3.88. The molecule has 0 aliphatic heterocycles. The summed E-state index contributed by atoms with van der Waals surface area (Å²) >= 11 is 3.15. The molecule has 0 nitrogen and oxygen atoms in total. The smallest absolute Gasteiger partial charge is 0.0189 e. The van der Waals surface area contributed by atoms with Crippen LogP contribution in [0.3, 0.4) is 0 Å². The lowest BCUT2D eigenvalue weighted by Gasteiger charge is -1.81. The third-order valence-corrected chi connectivity index (χ3v) is 1.06. The summed E-state index contributed by atoms with van der Waals surface area (Å²) in [5.41, 5.74) is 1.17. The zero-order chi connectivity index (χ0) is 6.41. The summed E-state index contributed by atoms with van der Waals surface area (Å²) in [6, 6.07) is 0. The molecular formula is C7H9Br. The lowest BCUT2D eigenvalue weighted by molar-refractivity contribution is 1.54. The monoisotopic (exact) mass is 172 g/mol. The van der Waals surface area contributed by atoms with Crippen molar-refractivity contribution in [2.45, 2.75) is 6.92 Å². The standard InChI is InChI=1S/C7H9Br/c1-3-7(2)5-4-6-8/h3-6H,1H2,2H3/b6-4+,7-5-. The summed E-state index contributed by atoms with van der Waals surface area (Å²) in [7, 11) is 0. The Morgan fingerprint density at radius 2 is 2.25 bits per heavy atom. The molecule has 0 N–H and O–H groups in total. The summed E-state index contributed by atoms with van der Waals surface area (Å²) < 4.78 is 0. The maximum atomic E-state index is 3.60. The predicted molar refractivity (Wildman–Crippen MR) is 42.0 cm³/mol. The van der Waals surface area contributed by atoms with Crippen LogP contribution in [-0.4, -0.2) is 0 Å². The van der Waals surface area contributed by atoms with Crippen molar-refractivity contribution >= 4 is 15.9 Å². The van der Waals surface area contributed by atoms with E-state index in [1.165, 1.54) is 5.57 Å². The van der Waals surface area contributed by atoms with Crippen LogP contribution in [0.1, 0.15) is 6.92 Å². The van der Waals surface area contributed by atoms with Gasteiger partial charge in [-0.3, -0.25) is 0 Å². The molecular weight excluding hydrogens is 164 g/mol. The SMILES string of the molecule is C=C/C(C)=C\C=C\Br. The summed E-state index contributed by atoms with van der Waals surface area (Å²) in [4.78, 5) is 1.81. The van der Waals surface area contributed by atoms with E-state index in [0.717, 1.165) is 0 Å². The molecule has 0 aromatic rings. The van der Waals surface area contributed by atoms with Crippen LogP contribution in [-0.2, 0) is 0 Å². The maximum Gasteiger partial charge on any atom is -0.0189 e. The van der Waals surface area contributed by atoms with Gasteiger partial charge >= 0.3 is 0 Å². The number of allylic oxidation sites excluding steroid dienone is 4. The zero-order valence-corrected chi connectivity index (χ0v) is 6.48. The van der Waals surface area contributed by atoms with Crippen molar-refractivity contribution in [3.8, 4) is 0 Å². The molecule has 0 aliphatic carbocycles. The zero-order valence-electron chi connectivity index (χ0n) is 4.89. The molecule has 0 aromatic heterocycles. The molecule has 0 bridgehead atoms. The van der Waals surface area contributed by atoms with Gasteiger partial charge in [-0.1, -0.05) is 46.3 Å². The fourth-order valence-electron chi connectivity index (χ4n) is 0.256. The molecule has 0 aromatic carbocycles. The number of hydrogen-bond donors (Lipinski definition) is 0.